The number of carbonyl (C=O) groups excluding carboxylic acids is 2. The summed E-state index contributed by atoms with van der Waals surface area (Å²) in [5, 5.41) is 2.85. The molecule has 1 N–H and O–H groups in total. The predicted octanol–water partition coefficient (Wildman–Crippen LogP) is 1.53. The van der Waals surface area contributed by atoms with Crippen molar-refractivity contribution in [3.63, 3.8) is 0 Å². The first-order valence-corrected chi connectivity index (χ1v) is 7.53. The Balaban J connectivity index is 1.83. The van der Waals surface area contributed by atoms with E-state index in [1.165, 1.54) is 11.1 Å². The molecule has 1 unspecified atom stereocenters. The third kappa shape index (κ3) is 2.55. The van der Waals surface area contributed by atoms with Crippen molar-refractivity contribution in [2.45, 2.75) is 45.7 Å². The maximum Gasteiger partial charge on any atom is 0.246 e. The Labute approximate surface area is 125 Å². The second kappa shape index (κ2) is 4.86. The van der Waals surface area contributed by atoms with Crippen molar-refractivity contribution in [1.82, 2.24) is 10.2 Å². The first-order valence-electron chi connectivity index (χ1n) is 7.53. The van der Waals surface area contributed by atoms with Gasteiger partial charge in [0.1, 0.15) is 6.04 Å². The van der Waals surface area contributed by atoms with E-state index < -0.39 is 6.04 Å². The van der Waals surface area contributed by atoms with E-state index in [4.69, 9.17) is 0 Å². The third-order valence-corrected chi connectivity index (χ3v) is 4.49. The van der Waals surface area contributed by atoms with Crippen molar-refractivity contribution in [2.75, 3.05) is 6.54 Å². The van der Waals surface area contributed by atoms with E-state index in [9.17, 15) is 9.59 Å². The van der Waals surface area contributed by atoms with Gasteiger partial charge < -0.3 is 10.2 Å². The second-order valence-corrected chi connectivity index (χ2v) is 7.16. The Morgan fingerprint density at radius 1 is 1.10 bits per heavy atom. The first-order chi connectivity index (χ1) is 9.86. The number of hydrogen-bond acceptors (Lipinski definition) is 2. The van der Waals surface area contributed by atoms with Crippen molar-refractivity contribution < 1.29 is 9.59 Å². The molecule has 2 amide bonds. The fourth-order valence-corrected chi connectivity index (χ4v) is 3.32. The summed E-state index contributed by atoms with van der Waals surface area (Å²) in [5.74, 6) is 0.00499. The van der Waals surface area contributed by atoms with Gasteiger partial charge in [-0.1, -0.05) is 45.0 Å². The maximum atomic E-state index is 12.8. The largest absolute Gasteiger partial charge is 0.342 e. The molecule has 0 radical (unpaired) electrons. The zero-order valence-electron chi connectivity index (χ0n) is 12.8. The van der Waals surface area contributed by atoms with E-state index in [0.717, 1.165) is 12.8 Å². The summed E-state index contributed by atoms with van der Waals surface area (Å²) < 4.78 is 0. The molecule has 3 rings (SSSR count). The first kappa shape index (κ1) is 14.1. The molecule has 2 aliphatic rings. The standard InChI is InChI=1S/C17H22N2O2/c1-17(2,3)15-16(21)19(10-14(20)18-15)13-8-11-6-4-5-7-12(11)9-13/h4-7,13,15H,8-10H2,1-3H3,(H,18,20). The molecule has 4 nitrogen and oxygen atoms in total. The van der Waals surface area contributed by atoms with E-state index >= 15 is 0 Å². The van der Waals surface area contributed by atoms with Crippen LogP contribution in [-0.2, 0) is 22.4 Å². The summed E-state index contributed by atoms with van der Waals surface area (Å²) in [6.45, 7) is 6.15. The molecule has 0 bridgehead atoms. The lowest BCUT2D eigenvalue weighted by atomic mass is 9.84. The molecule has 1 fully saturated rings. The topological polar surface area (TPSA) is 49.4 Å². The van der Waals surface area contributed by atoms with Crippen LogP contribution in [0, 0.1) is 5.41 Å². The molecule has 0 saturated carbocycles. The van der Waals surface area contributed by atoms with Crippen LogP contribution in [0.1, 0.15) is 31.9 Å². The van der Waals surface area contributed by atoms with Crippen molar-refractivity contribution in [1.29, 1.82) is 0 Å². The van der Waals surface area contributed by atoms with Gasteiger partial charge in [0, 0.05) is 6.04 Å². The quantitative estimate of drug-likeness (QED) is 0.851. The van der Waals surface area contributed by atoms with E-state index in [-0.39, 0.29) is 29.8 Å². The van der Waals surface area contributed by atoms with Gasteiger partial charge in [0.05, 0.1) is 6.54 Å². The molecular formula is C17H22N2O2. The molecule has 1 aliphatic heterocycles. The maximum absolute atomic E-state index is 12.8. The Bertz CT molecular complexity index is 564. The van der Waals surface area contributed by atoms with Crippen LogP contribution >= 0.6 is 0 Å². The van der Waals surface area contributed by atoms with Crippen molar-refractivity contribution in [3.05, 3.63) is 35.4 Å². The number of rotatable bonds is 1. The molecule has 112 valence electrons. The molecule has 1 aliphatic carbocycles. The number of piperazine rings is 1. The average molecular weight is 286 g/mol. The second-order valence-electron chi connectivity index (χ2n) is 7.16. The molecular weight excluding hydrogens is 264 g/mol. The molecule has 4 heteroatoms. The lowest BCUT2D eigenvalue weighted by Crippen LogP contribution is -2.64. The SMILES string of the molecule is CC(C)(C)C1NC(=O)CN(C2Cc3ccccc3C2)C1=O. The Kier molecular flexibility index (Phi) is 3.27. The number of fused-ring (bicyclic) bond motifs is 1. The van der Waals surface area contributed by atoms with Crippen LogP contribution in [0.4, 0.5) is 0 Å². The molecule has 1 heterocycles. The summed E-state index contributed by atoms with van der Waals surface area (Å²) >= 11 is 0. The third-order valence-electron chi connectivity index (χ3n) is 4.49. The number of hydrogen-bond donors (Lipinski definition) is 1. The van der Waals surface area contributed by atoms with Gasteiger partial charge in [0.2, 0.25) is 11.8 Å². The van der Waals surface area contributed by atoms with Crippen molar-refractivity contribution in [2.24, 2.45) is 5.41 Å². The van der Waals surface area contributed by atoms with Gasteiger partial charge in [-0.3, -0.25) is 9.59 Å². The van der Waals surface area contributed by atoms with Gasteiger partial charge in [-0.05, 0) is 29.4 Å². The minimum Gasteiger partial charge on any atom is -0.342 e. The highest BCUT2D eigenvalue weighted by Crippen LogP contribution is 2.29. The molecule has 1 aromatic carbocycles. The smallest absolute Gasteiger partial charge is 0.246 e. The van der Waals surface area contributed by atoms with Gasteiger partial charge in [-0.25, -0.2) is 0 Å². The molecule has 1 aromatic rings. The monoisotopic (exact) mass is 286 g/mol. The predicted molar refractivity (Wildman–Crippen MR) is 80.7 cm³/mol. The highest BCUT2D eigenvalue weighted by Gasteiger charge is 2.43. The fraction of sp³-hybridized carbons (Fsp3) is 0.529. The van der Waals surface area contributed by atoms with Crippen LogP contribution in [0.5, 0.6) is 0 Å². The summed E-state index contributed by atoms with van der Waals surface area (Å²) in [6, 6.07) is 7.98. The highest BCUT2D eigenvalue weighted by molar-refractivity contribution is 5.95. The van der Waals surface area contributed by atoms with Crippen LogP contribution in [0.3, 0.4) is 0 Å². The van der Waals surface area contributed by atoms with Gasteiger partial charge in [0.15, 0.2) is 0 Å². The van der Waals surface area contributed by atoms with Crippen LogP contribution in [0.2, 0.25) is 0 Å². The van der Waals surface area contributed by atoms with Crippen LogP contribution in [0.15, 0.2) is 24.3 Å². The number of benzene rings is 1. The summed E-state index contributed by atoms with van der Waals surface area (Å²) in [5.41, 5.74) is 2.33. The molecule has 0 spiro atoms. The van der Waals surface area contributed by atoms with E-state index in [1.807, 2.05) is 32.9 Å². The lowest BCUT2D eigenvalue weighted by Gasteiger charge is -2.41. The van der Waals surface area contributed by atoms with Gasteiger partial charge in [0.25, 0.3) is 0 Å². The van der Waals surface area contributed by atoms with Crippen LogP contribution in [-0.4, -0.2) is 35.3 Å². The normalized spacial score (nSPS) is 23.2. The number of nitrogens with zero attached hydrogens (tertiary/aromatic N) is 1. The van der Waals surface area contributed by atoms with Crippen LogP contribution < -0.4 is 5.32 Å². The summed E-state index contributed by atoms with van der Waals surface area (Å²) in [4.78, 5) is 26.6. The lowest BCUT2D eigenvalue weighted by molar-refractivity contribution is -0.149. The fourth-order valence-electron chi connectivity index (χ4n) is 3.32. The van der Waals surface area contributed by atoms with Crippen molar-refractivity contribution in [3.8, 4) is 0 Å². The number of amides is 2. The van der Waals surface area contributed by atoms with Gasteiger partial charge in [-0.15, -0.1) is 0 Å². The minimum absolute atomic E-state index is 0.0505. The highest BCUT2D eigenvalue weighted by atomic mass is 16.2. The van der Waals surface area contributed by atoms with E-state index in [1.54, 1.807) is 4.90 Å². The zero-order chi connectivity index (χ0) is 15.2. The van der Waals surface area contributed by atoms with E-state index in [2.05, 4.69) is 17.4 Å². The Morgan fingerprint density at radius 2 is 1.67 bits per heavy atom. The Hall–Kier alpha value is -1.84. The zero-order valence-corrected chi connectivity index (χ0v) is 12.8. The molecule has 21 heavy (non-hydrogen) atoms. The van der Waals surface area contributed by atoms with Crippen LogP contribution in [0.25, 0.3) is 0 Å². The Morgan fingerprint density at radius 3 is 2.19 bits per heavy atom. The minimum atomic E-state index is -0.428. The van der Waals surface area contributed by atoms with Gasteiger partial charge in [-0.2, -0.15) is 0 Å². The van der Waals surface area contributed by atoms with Crippen molar-refractivity contribution >= 4 is 11.8 Å². The summed E-state index contributed by atoms with van der Waals surface area (Å²) in [7, 11) is 0. The number of carbonyl (C=O) groups is 2. The molecule has 1 saturated heterocycles. The van der Waals surface area contributed by atoms with Gasteiger partial charge >= 0.3 is 0 Å². The molecule has 1 atom stereocenters. The number of nitrogens with one attached hydrogen (secondary N) is 1. The van der Waals surface area contributed by atoms with E-state index in [0.29, 0.717) is 0 Å². The molecule has 0 aromatic heterocycles. The average Bonchev–Trinajstić information content (AvgIpc) is 2.83. The summed E-state index contributed by atoms with van der Waals surface area (Å²) in [6.07, 6.45) is 1.71.